The summed E-state index contributed by atoms with van der Waals surface area (Å²) < 4.78 is 0. The van der Waals surface area contributed by atoms with E-state index in [2.05, 4.69) is 24.3 Å². The predicted octanol–water partition coefficient (Wildman–Crippen LogP) is 2.53. The molecule has 0 saturated heterocycles. The molecule has 1 aromatic rings. The largest absolute Gasteiger partial charge is 0.327 e. The van der Waals surface area contributed by atoms with Crippen LogP contribution >= 0.6 is 0 Å². The maximum Gasteiger partial charge on any atom is 0.0102 e. The molecular formula is C14H19N. The van der Waals surface area contributed by atoms with Gasteiger partial charge in [0.15, 0.2) is 0 Å². The van der Waals surface area contributed by atoms with Crippen molar-refractivity contribution in [3.8, 4) is 0 Å². The molecule has 2 atom stereocenters. The third kappa shape index (κ3) is 1.59. The van der Waals surface area contributed by atoms with E-state index in [0.29, 0.717) is 6.04 Å². The fourth-order valence-corrected chi connectivity index (χ4v) is 3.41. The van der Waals surface area contributed by atoms with Crippen LogP contribution in [0.2, 0.25) is 0 Å². The van der Waals surface area contributed by atoms with Crippen LogP contribution in [0.3, 0.4) is 0 Å². The molecule has 3 rings (SSSR count). The molecule has 1 heteroatoms. The number of rotatable bonds is 0. The standard InChI is InChI=1S/C14H19N/c15-14-12-6-3-7-13(14)9-11-5-2-1-4-10(11)8-12/h1-2,4-5,12-14H,3,6-9,15H2. The minimum Gasteiger partial charge on any atom is -0.327 e. The lowest BCUT2D eigenvalue weighted by Gasteiger charge is -2.33. The summed E-state index contributed by atoms with van der Waals surface area (Å²) in [7, 11) is 0. The number of nitrogens with two attached hydrogens (primary N) is 1. The van der Waals surface area contributed by atoms with Crippen molar-refractivity contribution in [1.29, 1.82) is 0 Å². The fraction of sp³-hybridized carbons (Fsp3) is 0.571. The van der Waals surface area contributed by atoms with Gasteiger partial charge >= 0.3 is 0 Å². The van der Waals surface area contributed by atoms with Crippen LogP contribution in [0.15, 0.2) is 24.3 Å². The van der Waals surface area contributed by atoms with Crippen LogP contribution in [0.5, 0.6) is 0 Å². The molecule has 80 valence electrons. The molecule has 0 spiro atoms. The molecule has 1 fully saturated rings. The third-order valence-corrected chi connectivity index (χ3v) is 4.32. The SMILES string of the molecule is NC1C2CCCC1Cc1ccccc1C2. The van der Waals surface area contributed by atoms with Crippen LogP contribution in [-0.2, 0) is 12.8 Å². The van der Waals surface area contributed by atoms with Crippen molar-refractivity contribution in [3.05, 3.63) is 35.4 Å². The summed E-state index contributed by atoms with van der Waals surface area (Å²) in [6, 6.07) is 9.37. The van der Waals surface area contributed by atoms with Gasteiger partial charge in [0, 0.05) is 6.04 Å². The van der Waals surface area contributed by atoms with Gasteiger partial charge in [-0.05, 0) is 48.6 Å². The number of hydrogen-bond donors (Lipinski definition) is 1. The summed E-state index contributed by atoms with van der Waals surface area (Å²) in [6.07, 6.45) is 6.50. The van der Waals surface area contributed by atoms with Gasteiger partial charge in [-0.1, -0.05) is 30.7 Å². The molecule has 0 aliphatic heterocycles. The highest BCUT2D eigenvalue weighted by Gasteiger charge is 2.33. The van der Waals surface area contributed by atoms with Crippen molar-refractivity contribution in [3.63, 3.8) is 0 Å². The first kappa shape index (κ1) is 9.41. The van der Waals surface area contributed by atoms with Gasteiger partial charge in [0.2, 0.25) is 0 Å². The lowest BCUT2D eigenvalue weighted by Crippen LogP contribution is -2.41. The van der Waals surface area contributed by atoms with E-state index in [9.17, 15) is 0 Å². The van der Waals surface area contributed by atoms with Crippen molar-refractivity contribution in [2.75, 3.05) is 0 Å². The highest BCUT2D eigenvalue weighted by molar-refractivity contribution is 5.30. The average Bonchev–Trinajstić information content (AvgIpc) is 2.34. The quantitative estimate of drug-likeness (QED) is 0.686. The first-order valence-corrected chi connectivity index (χ1v) is 6.17. The van der Waals surface area contributed by atoms with Crippen molar-refractivity contribution in [1.82, 2.24) is 0 Å². The van der Waals surface area contributed by atoms with Crippen molar-refractivity contribution in [2.45, 2.75) is 38.1 Å². The summed E-state index contributed by atoms with van der Waals surface area (Å²) in [5.41, 5.74) is 9.48. The second kappa shape index (κ2) is 3.64. The Kier molecular flexibility index (Phi) is 2.28. The molecule has 0 radical (unpaired) electrons. The Morgan fingerprint density at radius 2 is 1.47 bits per heavy atom. The summed E-state index contributed by atoms with van der Waals surface area (Å²) in [4.78, 5) is 0. The second-order valence-electron chi connectivity index (χ2n) is 5.21. The van der Waals surface area contributed by atoms with E-state index in [4.69, 9.17) is 5.73 Å². The van der Waals surface area contributed by atoms with E-state index in [-0.39, 0.29) is 0 Å². The van der Waals surface area contributed by atoms with Gasteiger partial charge in [0.25, 0.3) is 0 Å². The molecule has 2 bridgehead atoms. The van der Waals surface area contributed by atoms with Gasteiger partial charge in [-0.25, -0.2) is 0 Å². The highest BCUT2D eigenvalue weighted by atomic mass is 14.7. The molecule has 2 aliphatic rings. The molecule has 1 saturated carbocycles. The van der Waals surface area contributed by atoms with E-state index in [0.717, 1.165) is 11.8 Å². The Morgan fingerprint density at radius 1 is 0.933 bits per heavy atom. The monoisotopic (exact) mass is 201 g/mol. The Labute approximate surface area is 91.7 Å². The maximum absolute atomic E-state index is 6.36. The summed E-state index contributed by atoms with van der Waals surface area (Å²) >= 11 is 0. The number of fused-ring (bicyclic) bond motifs is 3. The van der Waals surface area contributed by atoms with Gasteiger partial charge < -0.3 is 5.73 Å². The molecule has 1 aromatic carbocycles. The van der Waals surface area contributed by atoms with Gasteiger partial charge in [-0.2, -0.15) is 0 Å². The second-order valence-corrected chi connectivity index (χ2v) is 5.21. The Morgan fingerprint density at radius 3 is 2.00 bits per heavy atom. The minimum atomic E-state index is 0.450. The lowest BCUT2D eigenvalue weighted by atomic mass is 9.76. The maximum atomic E-state index is 6.36. The van der Waals surface area contributed by atoms with Gasteiger partial charge in [-0.3, -0.25) is 0 Å². The molecule has 15 heavy (non-hydrogen) atoms. The Balaban J connectivity index is 1.99. The molecular weight excluding hydrogens is 182 g/mol. The normalized spacial score (nSPS) is 34.3. The van der Waals surface area contributed by atoms with Crippen LogP contribution in [0.25, 0.3) is 0 Å². The van der Waals surface area contributed by atoms with Gasteiger partial charge in [0.05, 0.1) is 0 Å². The zero-order valence-electron chi connectivity index (χ0n) is 9.15. The van der Waals surface area contributed by atoms with Crippen LogP contribution in [-0.4, -0.2) is 6.04 Å². The summed E-state index contributed by atoms with van der Waals surface area (Å²) in [5, 5.41) is 0. The Hall–Kier alpha value is -0.820. The molecule has 2 N–H and O–H groups in total. The van der Waals surface area contributed by atoms with E-state index < -0.39 is 0 Å². The molecule has 1 nitrogen and oxygen atoms in total. The first-order valence-electron chi connectivity index (χ1n) is 6.17. The molecule has 2 aliphatic carbocycles. The van der Waals surface area contributed by atoms with Gasteiger partial charge in [0.1, 0.15) is 0 Å². The number of hydrogen-bond acceptors (Lipinski definition) is 1. The molecule has 0 aromatic heterocycles. The average molecular weight is 201 g/mol. The van der Waals surface area contributed by atoms with E-state index >= 15 is 0 Å². The third-order valence-electron chi connectivity index (χ3n) is 4.32. The zero-order valence-corrected chi connectivity index (χ0v) is 9.15. The van der Waals surface area contributed by atoms with Crippen molar-refractivity contribution < 1.29 is 0 Å². The summed E-state index contributed by atoms with van der Waals surface area (Å²) in [5.74, 6) is 1.49. The van der Waals surface area contributed by atoms with E-state index in [1.165, 1.54) is 32.1 Å². The van der Waals surface area contributed by atoms with Crippen molar-refractivity contribution in [2.24, 2.45) is 17.6 Å². The van der Waals surface area contributed by atoms with Gasteiger partial charge in [-0.15, -0.1) is 0 Å². The van der Waals surface area contributed by atoms with Crippen LogP contribution in [0.4, 0.5) is 0 Å². The predicted molar refractivity (Wildman–Crippen MR) is 62.7 cm³/mol. The topological polar surface area (TPSA) is 26.0 Å². The Bertz CT molecular complexity index is 325. The van der Waals surface area contributed by atoms with Crippen LogP contribution < -0.4 is 5.73 Å². The smallest absolute Gasteiger partial charge is 0.0102 e. The zero-order chi connectivity index (χ0) is 10.3. The summed E-state index contributed by atoms with van der Waals surface area (Å²) in [6.45, 7) is 0. The van der Waals surface area contributed by atoms with Crippen molar-refractivity contribution >= 4 is 0 Å². The molecule has 0 heterocycles. The molecule has 2 unspecified atom stereocenters. The van der Waals surface area contributed by atoms with Crippen LogP contribution in [0, 0.1) is 11.8 Å². The van der Waals surface area contributed by atoms with Crippen LogP contribution in [0.1, 0.15) is 30.4 Å². The molecule has 0 amide bonds. The van der Waals surface area contributed by atoms with E-state index in [1.807, 2.05) is 0 Å². The fourth-order valence-electron chi connectivity index (χ4n) is 3.41. The highest BCUT2D eigenvalue weighted by Crippen LogP contribution is 2.36. The van der Waals surface area contributed by atoms with E-state index in [1.54, 1.807) is 11.1 Å². The lowest BCUT2D eigenvalue weighted by molar-refractivity contribution is 0.227. The minimum absolute atomic E-state index is 0.450. The number of benzene rings is 1. The first-order chi connectivity index (χ1) is 7.34.